The number of aromatic nitrogens is 1. The van der Waals surface area contributed by atoms with Crippen molar-refractivity contribution in [3.63, 3.8) is 0 Å². The van der Waals surface area contributed by atoms with Gasteiger partial charge in [0.05, 0.1) is 5.52 Å². The van der Waals surface area contributed by atoms with Gasteiger partial charge < -0.3 is 5.73 Å². The Kier molecular flexibility index (Phi) is 2.95. The zero-order valence-corrected chi connectivity index (χ0v) is 11.1. The Morgan fingerprint density at radius 2 is 1.80 bits per heavy atom. The summed E-state index contributed by atoms with van der Waals surface area (Å²) in [5.74, 6) is -0.00106. The van der Waals surface area contributed by atoms with E-state index in [0.29, 0.717) is 16.8 Å². The molecule has 2 aromatic carbocycles. The summed E-state index contributed by atoms with van der Waals surface area (Å²) in [5.41, 5.74) is 9.60. The Hall–Kier alpha value is -2.68. The van der Waals surface area contributed by atoms with Crippen LogP contribution in [0.4, 0.5) is 5.69 Å². The number of carbonyl (C=O) groups excluding carboxylic acids is 1. The van der Waals surface area contributed by atoms with E-state index < -0.39 is 0 Å². The predicted octanol–water partition coefficient (Wildman–Crippen LogP) is 3.36. The number of anilines is 1. The van der Waals surface area contributed by atoms with Crippen LogP contribution in [0, 0.1) is 6.92 Å². The van der Waals surface area contributed by atoms with Gasteiger partial charge in [-0.2, -0.15) is 0 Å². The van der Waals surface area contributed by atoms with E-state index in [1.807, 2.05) is 43.3 Å². The minimum atomic E-state index is -0.00106. The minimum absolute atomic E-state index is 0.00106. The minimum Gasteiger partial charge on any atom is -0.399 e. The Bertz CT molecular complexity index is 809. The highest BCUT2D eigenvalue weighted by Crippen LogP contribution is 2.19. The summed E-state index contributed by atoms with van der Waals surface area (Å²) in [6, 6.07) is 14.7. The second kappa shape index (κ2) is 4.78. The summed E-state index contributed by atoms with van der Waals surface area (Å²) in [5, 5.41) is 0.963. The third-order valence-corrected chi connectivity index (χ3v) is 3.40. The van der Waals surface area contributed by atoms with Crippen LogP contribution in [-0.4, -0.2) is 10.8 Å². The largest absolute Gasteiger partial charge is 0.399 e. The molecule has 3 heteroatoms. The van der Waals surface area contributed by atoms with Crippen LogP contribution >= 0.6 is 0 Å². The normalized spacial score (nSPS) is 10.7. The monoisotopic (exact) mass is 262 g/mol. The molecule has 0 aliphatic heterocycles. The average Bonchev–Trinajstić information content (AvgIpc) is 2.49. The number of ketones is 1. The fraction of sp³-hybridized carbons (Fsp3) is 0.0588. The second-order valence-corrected chi connectivity index (χ2v) is 4.81. The van der Waals surface area contributed by atoms with Crippen LogP contribution in [0.5, 0.6) is 0 Å². The molecule has 0 spiro atoms. The van der Waals surface area contributed by atoms with E-state index in [0.717, 1.165) is 16.5 Å². The Labute approximate surface area is 117 Å². The zero-order chi connectivity index (χ0) is 14.1. The number of rotatable bonds is 2. The first-order valence-electron chi connectivity index (χ1n) is 6.41. The van der Waals surface area contributed by atoms with Crippen LogP contribution < -0.4 is 5.73 Å². The molecule has 0 aliphatic rings. The van der Waals surface area contributed by atoms with Gasteiger partial charge >= 0.3 is 0 Å². The molecule has 0 radical (unpaired) electrons. The van der Waals surface area contributed by atoms with Crippen LogP contribution in [0.1, 0.15) is 21.5 Å². The van der Waals surface area contributed by atoms with E-state index in [9.17, 15) is 4.79 Å². The molecule has 3 nitrogen and oxygen atoms in total. The van der Waals surface area contributed by atoms with Crippen molar-refractivity contribution in [3.8, 4) is 0 Å². The zero-order valence-electron chi connectivity index (χ0n) is 11.1. The van der Waals surface area contributed by atoms with Crippen molar-refractivity contribution < 1.29 is 4.79 Å². The number of nitrogens with zero attached hydrogens (tertiary/aromatic N) is 1. The molecule has 0 unspecified atom stereocenters. The van der Waals surface area contributed by atoms with Crippen molar-refractivity contribution in [3.05, 3.63) is 71.4 Å². The standard InChI is InChI=1S/C17H14N2O/c1-11-9-13(4-6-15(11)18)17(20)14-5-7-16-12(10-14)3-2-8-19-16/h2-10H,18H2,1H3. The fourth-order valence-electron chi connectivity index (χ4n) is 2.20. The van der Waals surface area contributed by atoms with Crippen molar-refractivity contribution >= 4 is 22.4 Å². The van der Waals surface area contributed by atoms with Gasteiger partial charge in [-0.05, 0) is 55.0 Å². The van der Waals surface area contributed by atoms with Crippen molar-refractivity contribution in [1.82, 2.24) is 4.98 Å². The van der Waals surface area contributed by atoms with E-state index in [2.05, 4.69) is 4.98 Å². The van der Waals surface area contributed by atoms with Gasteiger partial charge in [0.2, 0.25) is 0 Å². The SMILES string of the molecule is Cc1cc(C(=O)c2ccc3ncccc3c2)ccc1N. The molecule has 0 atom stereocenters. The molecular weight excluding hydrogens is 248 g/mol. The number of carbonyl (C=O) groups is 1. The number of fused-ring (bicyclic) bond motifs is 1. The number of pyridine rings is 1. The van der Waals surface area contributed by atoms with Gasteiger partial charge in [-0.15, -0.1) is 0 Å². The molecule has 0 saturated carbocycles. The second-order valence-electron chi connectivity index (χ2n) is 4.81. The predicted molar refractivity (Wildman–Crippen MR) is 80.8 cm³/mol. The molecule has 0 amide bonds. The Balaban J connectivity index is 2.05. The lowest BCUT2D eigenvalue weighted by atomic mass is 9.99. The number of benzene rings is 2. The van der Waals surface area contributed by atoms with Crippen LogP contribution in [-0.2, 0) is 0 Å². The molecule has 20 heavy (non-hydrogen) atoms. The fourth-order valence-corrected chi connectivity index (χ4v) is 2.20. The molecular formula is C17H14N2O. The first-order valence-corrected chi connectivity index (χ1v) is 6.41. The summed E-state index contributed by atoms with van der Waals surface area (Å²) in [4.78, 5) is 16.7. The van der Waals surface area contributed by atoms with Gasteiger partial charge in [0.1, 0.15) is 0 Å². The van der Waals surface area contributed by atoms with Gasteiger partial charge in [0.15, 0.2) is 5.78 Å². The maximum Gasteiger partial charge on any atom is 0.193 e. The average molecular weight is 262 g/mol. The smallest absolute Gasteiger partial charge is 0.193 e. The van der Waals surface area contributed by atoms with Crippen LogP contribution in [0.2, 0.25) is 0 Å². The van der Waals surface area contributed by atoms with Crippen molar-refractivity contribution in [2.75, 3.05) is 5.73 Å². The van der Waals surface area contributed by atoms with Gasteiger partial charge in [-0.25, -0.2) is 0 Å². The molecule has 0 aliphatic carbocycles. The van der Waals surface area contributed by atoms with Crippen LogP contribution in [0.15, 0.2) is 54.7 Å². The maximum absolute atomic E-state index is 12.5. The van der Waals surface area contributed by atoms with E-state index in [-0.39, 0.29) is 5.78 Å². The van der Waals surface area contributed by atoms with E-state index >= 15 is 0 Å². The molecule has 0 saturated heterocycles. The summed E-state index contributed by atoms with van der Waals surface area (Å²) in [6.07, 6.45) is 1.74. The lowest BCUT2D eigenvalue weighted by molar-refractivity contribution is 0.103. The number of nitrogens with two attached hydrogens (primary N) is 1. The number of aryl methyl sites for hydroxylation is 1. The van der Waals surface area contributed by atoms with Crippen LogP contribution in [0.25, 0.3) is 10.9 Å². The third kappa shape index (κ3) is 2.14. The molecule has 3 aromatic rings. The maximum atomic E-state index is 12.5. The topological polar surface area (TPSA) is 56.0 Å². The quantitative estimate of drug-likeness (QED) is 0.569. The van der Waals surface area contributed by atoms with E-state index in [1.165, 1.54) is 0 Å². The lowest BCUT2D eigenvalue weighted by Gasteiger charge is -2.05. The number of hydrogen-bond acceptors (Lipinski definition) is 3. The van der Waals surface area contributed by atoms with E-state index in [4.69, 9.17) is 5.73 Å². The highest BCUT2D eigenvalue weighted by molar-refractivity contribution is 6.10. The summed E-state index contributed by atoms with van der Waals surface area (Å²) < 4.78 is 0. The molecule has 2 N–H and O–H groups in total. The van der Waals surface area contributed by atoms with Crippen molar-refractivity contribution in [1.29, 1.82) is 0 Å². The number of hydrogen-bond donors (Lipinski definition) is 1. The Morgan fingerprint density at radius 3 is 2.60 bits per heavy atom. The molecule has 1 aromatic heterocycles. The summed E-state index contributed by atoms with van der Waals surface area (Å²) in [7, 11) is 0. The highest BCUT2D eigenvalue weighted by Gasteiger charge is 2.10. The molecule has 3 rings (SSSR count). The highest BCUT2D eigenvalue weighted by atomic mass is 16.1. The van der Waals surface area contributed by atoms with Gasteiger partial charge in [-0.1, -0.05) is 6.07 Å². The number of nitrogen functional groups attached to an aromatic ring is 1. The van der Waals surface area contributed by atoms with Gasteiger partial charge in [0, 0.05) is 28.4 Å². The van der Waals surface area contributed by atoms with E-state index in [1.54, 1.807) is 18.3 Å². The molecule has 98 valence electrons. The van der Waals surface area contributed by atoms with Crippen molar-refractivity contribution in [2.24, 2.45) is 0 Å². The van der Waals surface area contributed by atoms with Gasteiger partial charge in [0.25, 0.3) is 0 Å². The summed E-state index contributed by atoms with van der Waals surface area (Å²) in [6.45, 7) is 1.90. The third-order valence-electron chi connectivity index (χ3n) is 3.40. The lowest BCUT2D eigenvalue weighted by Crippen LogP contribution is -2.02. The summed E-state index contributed by atoms with van der Waals surface area (Å²) >= 11 is 0. The first kappa shape index (κ1) is 12.4. The van der Waals surface area contributed by atoms with Crippen LogP contribution in [0.3, 0.4) is 0 Å². The molecule has 0 bridgehead atoms. The molecule has 1 heterocycles. The Morgan fingerprint density at radius 1 is 1.05 bits per heavy atom. The van der Waals surface area contributed by atoms with Crippen molar-refractivity contribution in [2.45, 2.75) is 6.92 Å². The van der Waals surface area contributed by atoms with Gasteiger partial charge in [-0.3, -0.25) is 9.78 Å². The first-order chi connectivity index (χ1) is 9.65. The molecule has 0 fully saturated rings.